The van der Waals surface area contributed by atoms with Crippen LogP contribution in [-0.4, -0.2) is 83.7 Å². The van der Waals surface area contributed by atoms with Crippen molar-refractivity contribution in [2.45, 2.75) is 65.3 Å². The molecule has 0 amide bonds. The van der Waals surface area contributed by atoms with Gasteiger partial charge in [-0.15, -0.1) is 0 Å². The van der Waals surface area contributed by atoms with Crippen molar-refractivity contribution in [3.8, 4) is 0 Å². The zero-order chi connectivity index (χ0) is 28.5. The summed E-state index contributed by atoms with van der Waals surface area (Å²) in [5.41, 5.74) is 0.382. The molecule has 2 unspecified atom stereocenters. The molecule has 0 bridgehead atoms. The maximum atomic E-state index is 12.2. The molecule has 0 spiro atoms. The van der Waals surface area contributed by atoms with E-state index in [1.54, 1.807) is 13.8 Å². The zero-order valence-electron chi connectivity index (χ0n) is 22.3. The number of hydrogen-bond acceptors (Lipinski definition) is 12. The van der Waals surface area contributed by atoms with E-state index in [9.17, 15) is 29.4 Å². The van der Waals surface area contributed by atoms with Gasteiger partial charge in [0.2, 0.25) is 0 Å². The predicted octanol–water partition coefficient (Wildman–Crippen LogP) is 3.42. The second-order valence-electron chi connectivity index (χ2n) is 9.08. The van der Waals surface area contributed by atoms with E-state index in [-0.39, 0.29) is 55.4 Å². The molecular weight excluding hydrogens is 536 g/mol. The first-order chi connectivity index (χ1) is 18.0. The van der Waals surface area contributed by atoms with Crippen molar-refractivity contribution in [3.05, 3.63) is 35.4 Å². The summed E-state index contributed by atoms with van der Waals surface area (Å²) >= 11 is 0. The molecule has 0 fully saturated rings. The van der Waals surface area contributed by atoms with E-state index < -0.39 is 30.1 Å². The predicted molar refractivity (Wildman–Crippen MR) is 145 cm³/mol. The summed E-state index contributed by atoms with van der Waals surface area (Å²) in [6.45, 7) is 6.67. The minimum atomic E-state index is -1.19. The van der Waals surface area contributed by atoms with Crippen LogP contribution in [0.25, 0.3) is 0 Å². The summed E-state index contributed by atoms with van der Waals surface area (Å²) in [6, 6.07) is 5.58. The standard InChI is InChI=1S/C26H38O10S2/c1-17(2)13-21(27)14-34-25(31)19-5-7-20(8-6-19)26(32)35-16-22(28)15-33-23(29)9-11-37-38-12-10-24(30)36-18(3)4/h5-8,17-18,21-22,27-28H,9-16H2,1-4H3. The van der Waals surface area contributed by atoms with Gasteiger partial charge >= 0.3 is 23.9 Å². The molecule has 38 heavy (non-hydrogen) atoms. The molecule has 0 saturated heterocycles. The van der Waals surface area contributed by atoms with Gasteiger partial charge in [0.1, 0.15) is 25.9 Å². The SMILES string of the molecule is CC(C)CC(O)COC(=O)c1ccc(C(=O)OCC(O)COC(=O)CCSSCCC(=O)OC(C)C)cc1. The van der Waals surface area contributed by atoms with Gasteiger partial charge in [-0.2, -0.15) is 0 Å². The highest BCUT2D eigenvalue weighted by molar-refractivity contribution is 8.76. The average Bonchev–Trinajstić information content (AvgIpc) is 2.85. The minimum absolute atomic E-state index is 0.113. The molecule has 1 rings (SSSR count). The first-order valence-corrected chi connectivity index (χ1v) is 14.9. The summed E-state index contributed by atoms with van der Waals surface area (Å²) < 4.78 is 20.1. The largest absolute Gasteiger partial charge is 0.463 e. The summed E-state index contributed by atoms with van der Waals surface area (Å²) in [5, 5.41) is 19.7. The highest BCUT2D eigenvalue weighted by Gasteiger charge is 2.16. The first kappa shape index (κ1) is 33.7. The van der Waals surface area contributed by atoms with Gasteiger partial charge in [0.25, 0.3) is 0 Å². The number of ether oxygens (including phenoxy) is 4. The van der Waals surface area contributed by atoms with E-state index in [4.69, 9.17) is 18.9 Å². The van der Waals surface area contributed by atoms with Crippen LogP contribution in [0, 0.1) is 5.92 Å². The van der Waals surface area contributed by atoms with Gasteiger partial charge in [-0.05, 0) is 50.5 Å². The lowest BCUT2D eigenvalue weighted by Gasteiger charge is -2.13. The molecule has 10 nitrogen and oxygen atoms in total. The van der Waals surface area contributed by atoms with Crippen molar-refractivity contribution in [2.75, 3.05) is 31.3 Å². The molecule has 0 aliphatic carbocycles. The lowest BCUT2D eigenvalue weighted by molar-refractivity contribution is -0.147. The van der Waals surface area contributed by atoms with Crippen molar-refractivity contribution in [2.24, 2.45) is 5.92 Å². The van der Waals surface area contributed by atoms with Crippen molar-refractivity contribution < 1.29 is 48.3 Å². The minimum Gasteiger partial charge on any atom is -0.463 e. The Hall–Kier alpha value is -2.28. The molecule has 0 aromatic heterocycles. The Labute approximate surface area is 231 Å². The smallest absolute Gasteiger partial charge is 0.338 e. The maximum absolute atomic E-state index is 12.2. The summed E-state index contributed by atoms with van der Waals surface area (Å²) in [6.07, 6.45) is -1.13. The Morgan fingerprint density at radius 2 is 1.16 bits per heavy atom. The molecule has 0 saturated carbocycles. The molecule has 214 valence electrons. The van der Waals surface area contributed by atoms with E-state index in [1.165, 1.54) is 45.9 Å². The van der Waals surface area contributed by atoms with Crippen LogP contribution in [0.5, 0.6) is 0 Å². The maximum Gasteiger partial charge on any atom is 0.338 e. The van der Waals surface area contributed by atoms with Crippen molar-refractivity contribution in [1.29, 1.82) is 0 Å². The van der Waals surface area contributed by atoms with Gasteiger partial charge in [-0.3, -0.25) is 9.59 Å². The molecule has 0 radical (unpaired) electrons. The Morgan fingerprint density at radius 3 is 1.63 bits per heavy atom. The number of aliphatic hydroxyl groups excluding tert-OH is 2. The van der Waals surface area contributed by atoms with Crippen molar-refractivity contribution in [3.63, 3.8) is 0 Å². The average molecular weight is 575 g/mol. The second-order valence-corrected chi connectivity index (χ2v) is 11.8. The monoisotopic (exact) mass is 574 g/mol. The van der Waals surface area contributed by atoms with Crippen LogP contribution in [0.3, 0.4) is 0 Å². The van der Waals surface area contributed by atoms with Crippen LogP contribution in [0.4, 0.5) is 0 Å². The highest BCUT2D eigenvalue weighted by Crippen LogP contribution is 2.23. The third-order valence-electron chi connectivity index (χ3n) is 4.58. The Morgan fingerprint density at radius 1 is 0.711 bits per heavy atom. The van der Waals surface area contributed by atoms with Crippen LogP contribution < -0.4 is 0 Å². The van der Waals surface area contributed by atoms with Crippen molar-refractivity contribution >= 4 is 45.5 Å². The lowest BCUT2D eigenvalue weighted by atomic mass is 10.1. The van der Waals surface area contributed by atoms with Gasteiger partial charge in [0.15, 0.2) is 0 Å². The van der Waals surface area contributed by atoms with Gasteiger partial charge in [0.05, 0.1) is 36.2 Å². The van der Waals surface area contributed by atoms with Gasteiger partial charge < -0.3 is 29.2 Å². The number of hydrogen-bond donors (Lipinski definition) is 2. The Bertz CT molecular complexity index is 873. The number of rotatable bonds is 18. The number of aliphatic hydroxyl groups is 2. The van der Waals surface area contributed by atoms with E-state index in [0.717, 1.165) is 0 Å². The summed E-state index contributed by atoms with van der Waals surface area (Å²) in [7, 11) is 2.89. The van der Waals surface area contributed by atoms with Gasteiger partial charge in [0, 0.05) is 11.5 Å². The number of carbonyl (C=O) groups excluding carboxylic acids is 4. The number of esters is 4. The fraction of sp³-hybridized carbons (Fsp3) is 0.615. The van der Waals surface area contributed by atoms with Crippen LogP contribution in [0.2, 0.25) is 0 Å². The van der Waals surface area contributed by atoms with E-state index >= 15 is 0 Å². The van der Waals surface area contributed by atoms with E-state index in [0.29, 0.717) is 24.3 Å². The first-order valence-electron chi connectivity index (χ1n) is 12.4. The summed E-state index contributed by atoms with van der Waals surface area (Å²) in [5.74, 6) is -0.759. The quantitative estimate of drug-likeness (QED) is 0.115. The fourth-order valence-corrected chi connectivity index (χ4v) is 4.81. The second kappa shape index (κ2) is 18.9. The zero-order valence-corrected chi connectivity index (χ0v) is 23.9. The highest BCUT2D eigenvalue weighted by atomic mass is 33.1. The van der Waals surface area contributed by atoms with Crippen LogP contribution >= 0.6 is 21.6 Å². The molecule has 0 aliphatic heterocycles. The Kier molecular flexibility index (Phi) is 16.8. The van der Waals surface area contributed by atoms with E-state index in [1.807, 2.05) is 13.8 Å². The lowest BCUT2D eigenvalue weighted by Crippen LogP contribution is -2.25. The molecule has 1 aromatic rings. The molecule has 1 aromatic carbocycles. The topological polar surface area (TPSA) is 146 Å². The number of carbonyl (C=O) groups is 4. The van der Waals surface area contributed by atoms with Gasteiger partial charge in [-0.1, -0.05) is 35.4 Å². The third kappa shape index (κ3) is 15.9. The van der Waals surface area contributed by atoms with Gasteiger partial charge in [-0.25, -0.2) is 9.59 Å². The normalized spacial score (nSPS) is 12.6. The summed E-state index contributed by atoms with van der Waals surface area (Å²) in [4.78, 5) is 47.5. The fourth-order valence-electron chi connectivity index (χ4n) is 2.86. The molecule has 12 heteroatoms. The molecule has 2 N–H and O–H groups in total. The van der Waals surface area contributed by atoms with Crippen molar-refractivity contribution in [1.82, 2.24) is 0 Å². The van der Waals surface area contributed by atoms with Crippen LogP contribution in [0.1, 0.15) is 67.7 Å². The van der Waals surface area contributed by atoms with Crippen LogP contribution in [-0.2, 0) is 28.5 Å². The molecular formula is C26H38O10S2. The molecule has 2 atom stereocenters. The molecule has 0 aliphatic rings. The van der Waals surface area contributed by atoms with E-state index in [2.05, 4.69) is 0 Å². The third-order valence-corrected chi connectivity index (χ3v) is 6.99. The number of benzene rings is 1. The Balaban J connectivity index is 2.22. The van der Waals surface area contributed by atoms with Crippen LogP contribution in [0.15, 0.2) is 24.3 Å². The molecule has 0 heterocycles.